The summed E-state index contributed by atoms with van der Waals surface area (Å²) in [5.41, 5.74) is 2.61. The fourth-order valence-electron chi connectivity index (χ4n) is 2.23. The molecule has 128 valence electrons. The third kappa shape index (κ3) is 5.10. The predicted octanol–water partition coefficient (Wildman–Crippen LogP) is 4.26. The number of methoxy groups -OCH3 is 1. The van der Waals surface area contributed by atoms with Gasteiger partial charge in [-0.05, 0) is 35.2 Å². The molecule has 0 saturated carbocycles. The third-order valence-electron chi connectivity index (χ3n) is 3.66. The van der Waals surface area contributed by atoms with E-state index in [2.05, 4.69) is 26.1 Å². The smallest absolute Gasteiger partial charge is 0.255 e. The Kier molecular flexibility index (Phi) is 5.99. The summed E-state index contributed by atoms with van der Waals surface area (Å²) < 4.78 is 10.5. The van der Waals surface area contributed by atoms with Crippen LogP contribution < -0.4 is 10.1 Å². The highest BCUT2D eigenvalue weighted by molar-refractivity contribution is 6.04. The highest BCUT2D eigenvalue weighted by Crippen LogP contribution is 2.23. The van der Waals surface area contributed by atoms with Crippen molar-refractivity contribution >= 4 is 11.6 Å². The molecule has 0 aliphatic carbocycles. The second-order valence-electron chi connectivity index (χ2n) is 6.65. The van der Waals surface area contributed by atoms with Crippen LogP contribution in [0.4, 0.5) is 5.69 Å². The largest absolute Gasteiger partial charge is 0.491 e. The average Bonchev–Trinajstić information content (AvgIpc) is 2.55. The first-order valence-electron chi connectivity index (χ1n) is 8.04. The Morgan fingerprint density at radius 3 is 2.38 bits per heavy atom. The van der Waals surface area contributed by atoms with E-state index in [1.165, 1.54) is 5.56 Å². The van der Waals surface area contributed by atoms with Crippen LogP contribution in [-0.4, -0.2) is 26.2 Å². The van der Waals surface area contributed by atoms with Gasteiger partial charge in [0.1, 0.15) is 12.4 Å². The van der Waals surface area contributed by atoms with Crippen molar-refractivity contribution in [2.75, 3.05) is 25.6 Å². The first kappa shape index (κ1) is 18.0. The average molecular weight is 327 g/mol. The number of hydrogen-bond acceptors (Lipinski definition) is 3. The van der Waals surface area contributed by atoms with Crippen molar-refractivity contribution < 1.29 is 14.3 Å². The quantitative estimate of drug-likeness (QED) is 0.806. The van der Waals surface area contributed by atoms with Gasteiger partial charge in [0.05, 0.1) is 6.61 Å². The maximum Gasteiger partial charge on any atom is 0.255 e. The minimum Gasteiger partial charge on any atom is -0.491 e. The van der Waals surface area contributed by atoms with Gasteiger partial charge in [0.25, 0.3) is 5.91 Å². The van der Waals surface area contributed by atoms with Gasteiger partial charge >= 0.3 is 0 Å². The summed E-state index contributed by atoms with van der Waals surface area (Å²) in [6, 6.07) is 15.0. The van der Waals surface area contributed by atoms with E-state index in [4.69, 9.17) is 9.47 Å². The van der Waals surface area contributed by atoms with Gasteiger partial charge in [-0.25, -0.2) is 0 Å². The summed E-state index contributed by atoms with van der Waals surface area (Å²) in [5.74, 6) is 0.567. The molecule has 2 rings (SSSR count). The van der Waals surface area contributed by atoms with Crippen molar-refractivity contribution in [1.82, 2.24) is 0 Å². The number of ether oxygens (including phenoxy) is 2. The van der Waals surface area contributed by atoms with E-state index in [0.717, 1.165) is 0 Å². The fourth-order valence-corrected chi connectivity index (χ4v) is 2.23. The molecule has 0 bridgehead atoms. The summed E-state index contributed by atoms with van der Waals surface area (Å²) in [6.45, 7) is 7.45. The summed E-state index contributed by atoms with van der Waals surface area (Å²) in [6.07, 6.45) is 0. The number of amides is 1. The Hall–Kier alpha value is -2.33. The molecule has 0 heterocycles. The Morgan fingerprint density at radius 2 is 1.75 bits per heavy atom. The summed E-state index contributed by atoms with van der Waals surface area (Å²) in [5, 5.41) is 2.90. The molecule has 0 aliphatic rings. The molecule has 0 unspecified atom stereocenters. The number of anilines is 1. The van der Waals surface area contributed by atoms with Crippen molar-refractivity contribution in [3.8, 4) is 5.75 Å². The van der Waals surface area contributed by atoms with Gasteiger partial charge in [-0.3, -0.25) is 4.79 Å². The second-order valence-corrected chi connectivity index (χ2v) is 6.65. The van der Waals surface area contributed by atoms with Gasteiger partial charge in [-0.15, -0.1) is 0 Å². The lowest BCUT2D eigenvalue weighted by Gasteiger charge is -2.19. The number of carbonyl (C=O) groups is 1. The second kappa shape index (κ2) is 7.97. The molecular formula is C20H25NO3. The molecule has 0 aliphatic heterocycles. The van der Waals surface area contributed by atoms with Crippen LogP contribution in [0.15, 0.2) is 48.5 Å². The number of carbonyl (C=O) groups excluding carboxylic acids is 1. The molecule has 24 heavy (non-hydrogen) atoms. The number of rotatable bonds is 6. The highest BCUT2D eigenvalue weighted by Gasteiger charge is 2.14. The van der Waals surface area contributed by atoms with Gasteiger partial charge < -0.3 is 14.8 Å². The maximum atomic E-state index is 12.4. The normalized spacial score (nSPS) is 11.2. The molecule has 0 fully saturated rings. The van der Waals surface area contributed by atoms with Crippen LogP contribution in [0.2, 0.25) is 0 Å². The number of benzene rings is 2. The number of hydrogen-bond donors (Lipinski definition) is 1. The lowest BCUT2D eigenvalue weighted by Crippen LogP contribution is -2.14. The Labute approximate surface area is 143 Å². The standard InChI is InChI=1S/C20H25NO3/c1-20(2,3)16-10-8-15(9-11-16)19(22)21-17-6-5-7-18(14-17)24-13-12-23-4/h5-11,14H,12-13H2,1-4H3,(H,21,22). The van der Waals surface area contributed by atoms with E-state index in [1.807, 2.05) is 42.5 Å². The van der Waals surface area contributed by atoms with E-state index < -0.39 is 0 Å². The lowest BCUT2D eigenvalue weighted by molar-refractivity contribution is 0.102. The van der Waals surface area contributed by atoms with Gasteiger partial charge in [-0.2, -0.15) is 0 Å². The van der Waals surface area contributed by atoms with E-state index in [0.29, 0.717) is 30.2 Å². The van der Waals surface area contributed by atoms with Crippen molar-refractivity contribution in [1.29, 1.82) is 0 Å². The zero-order valence-electron chi connectivity index (χ0n) is 14.8. The summed E-state index contributed by atoms with van der Waals surface area (Å²) in [7, 11) is 1.63. The van der Waals surface area contributed by atoms with Crippen molar-refractivity contribution in [3.05, 3.63) is 59.7 Å². The van der Waals surface area contributed by atoms with E-state index in [-0.39, 0.29) is 11.3 Å². The zero-order chi connectivity index (χ0) is 17.6. The Balaban J connectivity index is 2.02. The van der Waals surface area contributed by atoms with Gasteiger partial charge in [0.15, 0.2) is 0 Å². The first-order valence-corrected chi connectivity index (χ1v) is 8.04. The van der Waals surface area contributed by atoms with Crippen LogP contribution in [-0.2, 0) is 10.2 Å². The van der Waals surface area contributed by atoms with Gasteiger partial charge in [-0.1, -0.05) is 39.0 Å². The molecule has 0 spiro atoms. The van der Waals surface area contributed by atoms with Gasteiger partial charge in [0.2, 0.25) is 0 Å². The molecule has 4 nitrogen and oxygen atoms in total. The number of nitrogens with one attached hydrogen (secondary N) is 1. The summed E-state index contributed by atoms with van der Waals surface area (Å²) in [4.78, 5) is 12.4. The molecule has 2 aromatic rings. The van der Waals surface area contributed by atoms with Crippen molar-refractivity contribution in [2.45, 2.75) is 26.2 Å². The van der Waals surface area contributed by atoms with Crippen LogP contribution in [0.1, 0.15) is 36.7 Å². The predicted molar refractivity (Wildman–Crippen MR) is 96.9 cm³/mol. The maximum absolute atomic E-state index is 12.4. The molecule has 4 heteroatoms. The SMILES string of the molecule is COCCOc1cccc(NC(=O)c2ccc(C(C)(C)C)cc2)c1. The van der Waals surface area contributed by atoms with Crippen LogP contribution in [0, 0.1) is 0 Å². The monoisotopic (exact) mass is 327 g/mol. The van der Waals surface area contributed by atoms with E-state index in [9.17, 15) is 4.79 Å². The summed E-state index contributed by atoms with van der Waals surface area (Å²) >= 11 is 0. The molecule has 0 saturated heterocycles. The molecule has 2 aromatic carbocycles. The Bertz CT molecular complexity index is 672. The van der Waals surface area contributed by atoms with Crippen LogP contribution in [0.5, 0.6) is 5.75 Å². The lowest BCUT2D eigenvalue weighted by atomic mass is 9.87. The van der Waals surface area contributed by atoms with E-state index in [1.54, 1.807) is 13.2 Å². The topological polar surface area (TPSA) is 47.6 Å². The van der Waals surface area contributed by atoms with E-state index >= 15 is 0 Å². The molecule has 1 amide bonds. The minimum atomic E-state index is -0.135. The third-order valence-corrected chi connectivity index (χ3v) is 3.66. The molecule has 1 N–H and O–H groups in total. The first-order chi connectivity index (χ1) is 11.4. The van der Waals surface area contributed by atoms with Crippen molar-refractivity contribution in [3.63, 3.8) is 0 Å². The fraction of sp³-hybridized carbons (Fsp3) is 0.350. The molecular weight excluding hydrogens is 302 g/mol. The van der Waals surface area contributed by atoms with Crippen LogP contribution >= 0.6 is 0 Å². The zero-order valence-corrected chi connectivity index (χ0v) is 14.8. The molecule has 0 radical (unpaired) electrons. The van der Waals surface area contributed by atoms with Crippen molar-refractivity contribution in [2.24, 2.45) is 0 Å². The molecule has 0 aromatic heterocycles. The minimum absolute atomic E-state index is 0.0723. The van der Waals surface area contributed by atoms with Crippen LogP contribution in [0.25, 0.3) is 0 Å². The van der Waals surface area contributed by atoms with Gasteiger partial charge in [0, 0.05) is 24.4 Å². The molecule has 0 atom stereocenters. The van der Waals surface area contributed by atoms with Crippen LogP contribution in [0.3, 0.4) is 0 Å². The highest BCUT2D eigenvalue weighted by atomic mass is 16.5. The Morgan fingerprint density at radius 1 is 1.04 bits per heavy atom.